The molecule has 8 rings (SSSR count). The molecule has 0 aliphatic carbocycles. The van der Waals surface area contributed by atoms with Crippen molar-refractivity contribution in [3.63, 3.8) is 0 Å². The van der Waals surface area contributed by atoms with Crippen LogP contribution in [0, 0.1) is 5.82 Å². The molecule has 0 radical (unpaired) electrons. The number of aryl methyl sites for hydroxylation is 2. The number of halogens is 2. The minimum absolute atomic E-state index is 0.199. The van der Waals surface area contributed by atoms with E-state index >= 15 is 0 Å². The van der Waals surface area contributed by atoms with Crippen LogP contribution in [0.1, 0.15) is 26.2 Å². The Morgan fingerprint density at radius 2 is 2.07 bits per heavy atom. The zero-order valence-corrected chi connectivity index (χ0v) is 25.5. The molecule has 12 nitrogen and oxygen atoms in total. The van der Waals surface area contributed by atoms with Gasteiger partial charge in [-0.25, -0.2) is 8.78 Å². The lowest BCUT2D eigenvalue weighted by Crippen LogP contribution is -2.44. The van der Waals surface area contributed by atoms with Crippen molar-refractivity contribution in [2.75, 3.05) is 50.9 Å². The Labute approximate surface area is 257 Å². The molecule has 45 heavy (non-hydrogen) atoms. The summed E-state index contributed by atoms with van der Waals surface area (Å²) in [6.45, 7) is 4.95. The average Bonchev–Trinajstić information content (AvgIpc) is 3.79. The Hall–Kier alpha value is -4.14. The quantitative estimate of drug-likeness (QED) is 0.304. The monoisotopic (exact) mass is 619 g/mol. The summed E-state index contributed by atoms with van der Waals surface area (Å²) >= 11 is 0. The standard InChI is InChI=1S/C31H35F2N9O3/c1-30(43)15-41(7-8-44-16-30)28-23-25-26(24(38-40(25)3)20-9-19(33)10-22-21(20)13-34-37-22)39(2)27(23)35-29(36-28)45-17-31-5-4-6-42(31)14-18(11-31)12-32/h9-10,12-13,43H,4-8,11,14-17H2,1-3H3,(H,34,37)/b18-12-/t30-,31-/m0/s1. The van der Waals surface area contributed by atoms with Crippen molar-refractivity contribution in [2.45, 2.75) is 37.3 Å². The van der Waals surface area contributed by atoms with E-state index < -0.39 is 11.4 Å². The van der Waals surface area contributed by atoms with E-state index in [0.29, 0.717) is 61.0 Å². The van der Waals surface area contributed by atoms with Gasteiger partial charge in [-0.3, -0.25) is 14.7 Å². The van der Waals surface area contributed by atoms with Crippen LogP contribution in [0.5, 0.6) is 6.01 Å². The van der Waals surface area contributed by atoms with Crippen LogP contribution in [0.15, 0.2) is 30.2 Å². The summed E-state index contributed by atoms with van der Waals surface area (Å²) in [7, 11) is 3.74. The first-order chi connectivity index (χ1) is 21.7. The predicted molar refractivity (Wildman–Crippen MR) is 164 cm³/mol. The topological polar surface area (TPSA) is 122 Å². The van der Waals surface area contributed by atoms with E-state index in [4.69, 9.17) is 24.5 Å². The van der Waals surface area contributed by atoms with Crippen LogP contribution in [0.25, 0.3) is 44.2 Å². The van der Waals surface area contributed by atoms with E-state index in [1.54, 1.807) is 17.8 Å². The highest BCUT2D eigenvalue weighted by Gasteiger charge is 2.47. The number of H-pyrrole nitrogens is 1. The van der Waals surface area contributed by atoms with Gasteiger partial charge >= 0.3 is 6.01 Å². The number of hydrogen-bond acceptors (Lipinski definition) is 9. The molecule has 3 fully saturated rings. The Kier molecular flexibility index (Phi) is 6.42. The largest absolute Gasteiger partial charge is 0.461 e. The molecule has 236 valence electrons. The molecule has 2 atom stereocenters. The molecule has 7 heterocycles. The fraction of sp³-hybridized carbons (Fsp3) is 0.484. The first-order valence-electron chi connectivity index (χ1n) is 15.2. The second-order valence-electron chi connectivity index (χ2n) is 13.0. The second-order valence-corrected chi connectivity index (χ2v) is 13.0. The number of ether oxygens (including phenoxy) is 2. The highest BCUT2D eigenvalue weighted by Crippen LogP contribution is 2.43. The van der Waals surface area contributed by atoms with Gasteiger partial charge < -0.3 is 24.0 Å². The average molecular weight is 620 g/mol. The van der Waals surface area contributed by atoms with Crippen LogP contribution in [0.4, 0.5) is 14.6 Å². The molecule has 4 aromatic heterocycles. The summed E-state index contributed by atoms with van der Waals surface area (Å²) in [6.07, 6.45) is 4.95. The molecule has 0 amide bonds. The number of aliphatic hydroxyl groups is 1. The van der Waals surface area contributed by atoms with Gasteiger partial charge in [0.1, 0.15) is 29.5 Å². The molecular weight excluding hydrogens is 584 g/mol. The zero-order valence-electron chi connectivity index (χ0n) is 25.5. The lowest BCUT2D eigenvalue weighted by Gasteiger charge is -2.31. The normalized spacial score (nSPS) is 25.3. The number of anilines is 1. The number of fused-ring (bicyclic) bond motifs is 5. The summed E-state index contributed by atoms with van der Waals surface area (Å²) in [6, 6.07) is 3.08. The smallest absolute Gasteiger partial charge is 0.320 e. The van der Waals surface area contributed by atoms with Crippen LogP contribution in [0.3, 0.4) is 0 Å². The highest BCUT2D eigenvalue weighted by molar-refractivity contribution is 6.15. The van der Waals surface area contributed by atoms with Gasteiger partial charge in [-0.1, -0.05) is 0 Å². The Morgan fingerprint density at radius 1 is 1.20 bits per heavy atom. The van der Waals surface area contributed by atoms with Crippen molar-refractivity contribution in [3.8, 4) is 17.3 Å². The highest BCUT2D eigenvalue weighted by atomic mass is 19.1. The molecule has 3 aliphatic rings. The van der Waals surface area contributed by atoms with Crippen molar-refractivity contribution < 1.29 is 23.4 Å². The maximum Gasteiger partial charge on any atom is 0.320 e. The molecule has 0 unspecified atom stereocenters. The van der Waals surface area contributed by atoms with Crippen molar-refractivity contribution in [1.82, 2.24) is 39.4 Å². The zero-order chi connectivity index (χ0) is 31.1. The molecule has 3 saturated heterocycles. The lowest BCUT2D eigenvalue weighted by atomic mass is 9.94. The molecule has 0 spiro atoms. The van der Waals surface area contributed by atoms with Crippen molar-refractivity contribution >= 4 is 38.8 Å². The number of aromatic amines is 1. The number of nitrogens with zero attached hydrogens (tertiary/aromatic N) is 8. The van der Waals surface area contributed by atoms with Crippen molar-refractivity contribution in [3.05, 3.63) is 36.0 Å². The van der Waals surface area contributed by atoms with E-state index in [2.05, 4.69) is 15.1 Å². The van der Waals surface area contributed by atoms with Crippen LogP contribution in [-0.2, 0) is 18.8 Å². The van der Waals surface area contributed by atoms with Gasteiger partial charge in [0.25, 0.3) is 0 Å². The van der Waals surface area contributed by atoms with Gasteiger partial charge in [0, 0.05) is 38.1 Å². The van der Waals surface area contributed by atoms with Gasteiger partial charge in [0.2, 0.25) is 0 Å². The Bertz CT molecular complexity index is 2000. The molecule has 0 bridgehead atoms. The number of rotatable bonds is 5. The van der Waals surface area contributed by atoms with E-state index in [1.165, 1.54) is 12.1 Å². The fourth-order valence-corrected chi connectivity index (χ4v) is 7.61. The lowest BCUT2D eigenvalue weighted by molar-refractivity contribution is -0.0123. The summed E-state index contributed by atoms with van der Waals surface area (Å²) in [5.74, 6) is 0.186. The SMILES string of the molecule is Cn1nc(-c2cc(F)cc3[nH]ncc23)c2c1c1c(N3CCOC[C@@](C)(O)C3)nc(OC[C@@]34CCCN3C/C(=C\F)C4)nc1n2C. The van der Waals surface area contributed by atoms with Crippen molar-refractivity contribution in [1.29, 1.82) is 0 Å². The van der Waals surface area contributed by atoms with Gasteiger partial charge in [-0.15, -0.1) is 0 Å². The van der Waals surface area contributed by atoms with Crippen molar-refractivity contribution in [2.24, 2.45) is 14.1 Å². The molecule has 14 heteroatoms. The third-order valence-electron chi connectivity index (χ3n) is 9.61. The summed E-state index contributed by atoms with van der Waals surface area (Å²) in [4.78, 5) is 14.2. The van der Waals surface area contributed by atoms with E-state index in [1.807, 2.05) is 23.6 Å². The van der Waals surface area contributed by atoms with Gasteiger partial charge in [-0.2, -0.15) is 20.2 Å². The van der Waals surface area contributed by atoms with Gasteiger partial charge in [0.05, 0.1) is 59.8 Å². The summed E-state index contributed by atoms with van der Waals surface area (Å²) < 4.78 is 44.2. The molecule has 3 aliphatic heterocycles. The van der Waals surface area contributed by atoms with E-state index in [0.717, 1.165) is 53.1 Å². The van der Waals surface area contributed by atoms with E-state index in [-0.39, 0.29) is 24.7 Å². The molecule has 2 N–H and O–H groups in total. The number of hydrogen-bond donors (Lipinski definition) is 2. The minimum atomic E-state index is -1.11. The van der Waals surface area contributed by atoms with Gasteiger partial charge in [-0.05, 0) is 50.4 Å². The summed E-state index contributed by atoms with van der Waals surface area (Å²) in [5, 5.41) is 24.4. The molecule has 0 saturated carbocycles. The fourth-order valence-electron chi connectivity index (χ4n) is 7.61. The first kappa shape index (κ1) is 28.3. The second kappa shape index (κ2) is 10.2. The van der Waals surface area contributed by atoms with Crippen LogP contribution >= 0.6 is 0 Å². The van der Waals surface area contributed by atoms with E-state index in [9.17, 15) is 13.9 Å². The number of nitrogens with one attached hydrogen (secondary N) is 1. The molecular formula is C31H35F2N9O3. The third-order valence-corrected chi connectivity index (χ3v) is 9.61. The Morgan fingerprint density at radius 3 is 2.91 bits per heavy atom. The maximum atomic E-state index is 14.8. The number of β-amino-alcohol motifs (C(OH)–C–C–N with tert-alkyl or cyclic N) is 1. The van der Waals surface area contributed by atoms with Crippen LogP contribution in [0.2, 0.25) is 0 Å². The number of aromatic nitrogens is 7. The first-order valence-corrected chi connectivity index (χ1v) is 15.2. The molecule has 1 aromatic carbocycles. The number of benzene rings is 1. The maximum absolute atomic E-state index is 14.8. The third kappa shape index (κ3) is 4.49. The van der Waals surface area contributed by atoms with Crippen LogP contribution < -0.4 is 9.64 Å². The summed E-state index contributed by atoms with van der Waals surface area (Å²) in [5.41, 5.74) is 3.26. The molecule has 5 aromatic rings. The van der Waals surface area contributed by atoms with Crippen LogP contribution in [-0.4, -0.2) is 102 Å². The minimum Gasteiger partial charge on any atom is -0.461 e. The predicted octanol–water partition coefficient (Wildman–Crippen LogP) is 3.60. The van der Waals surface area contributed by atoms with Gasteiger partial charge in [0.15, 0.2) is 5.65 Å². The Balaban J connectivity index is 1.31.